The smallest absolute Gasteiger partial charge is 0.338 e. The molecule has 1 unspecified atom stereocenters. The molecule has 1 heterocycles. The van der Waals surface area contributed by atoms with E-state index < -0.39 is 18.0 Å². The van der Waals surface area contributed by atoms with Crippen molar-refractivity contribution < 1.29 is 28.7 Å². The third-order valence-corrected chi connectivity index (χ3v) is 4.71. The van der Waals surface area contributed by atoms with Crippen molar-refractivity contribution in [2.24, 2.45) is 0 Å². The largest absolute Gasteiger partial charge is 0.466 e. The highest BCUT2D eigenvalue weighted by atomic mass is 16.5. The maximum absolute atomic E-state index is 12.7. The molecule has 2 rings (SSSR count). The topological polar surface area (TPSA) is 114 Å². The van der Waals surface area contributed by atoms with Crippen LogP contribution in [0.2, 0.25) is 0 Å². The van der Waals surface area contributed by atoms with Gasteiger partial charge in [-0.3, -0.25) is 9.59 Å². The molecule has 3 amide bonds. The minimum absolute atomic E-state index is 0.00474. The number of nitrogens with zero attached hydrogens (tertiary/aromatic N) is 1. The predicted octanol–water partition coefficient (Wildman–Crippen LogP) is 2.89. The molecule has 0 aliphatic carbocycles. The van der Waals surface area contributed by atoms with E-state index in [1.165, 1.54) is 4.90 Å². The molecule has 2 N–H and O–H groups in total. The Morgan fingerprint density at radius 2 is 1.81 bits per heavy atom. The van der Waals surface area contributed by atoms with Crippen molar-refractivity contribution in [1.82, 2.24) is 10.2 Å². The summed E-state index contributed by atoms with van der Waals surface area (Å²) in [6.07, 6.45) is -0.285. The van der Waals surface area contributed by atoms with E-state index in [2.05, 4.69) is 10.6 Å². The van der Waals surface area contributed by atoms with Crippen molar-refractivity contribution >= 4 is 29.6 Å². The molecule has 0 bridgehead atoms. The number of esters is 2. The molecule has 0 saturated carbocycles. The van der Waals surface area contributed by atoms with Crippen molar-refractivity contribution in [3.05, 3.63) is 41.1 Å². The Bertz CT molecular complexity index is 876. The number of carbonyl (C=O) groups is 4. The lowest BCUT2D eigenvalue weighted by Gasteiger charge is -2.33. The fourth-order valence-electron chi connectivity index (χ4n) is 3.06. The average molecular weight is 431 g/mol. The summed E-state index contributed by atoms with van der Waals surface area (Å²) >= 11 is 0. The Labute approximate surface area is 181 Å². The van der Waals surface area contributed by atoms with E-state index in [1.807, 2.05) is 0 Å². The Morgan fingerprint density at radius 3 is 2.39 bits per heavy atom. The highest BCUT2D eigenvalue weighted by Gasteiger charge is 2.35. The first-order valence-corrected chi connectivity index (χ1v) is 10.1. The van der Waals surface area contributed by atoms with E-state index in [9.17, 15) is 19.2 Å². The van der Waals surface area contributed by atoms with Gasteiger partial charge in [0.1, 0.15) is 0 Å². The third kappa shape index (κ3) is 6.31. The van der Waals surface area contributed by atoms with Crippen LogP contribution >= 0.6 is 0 Å². The summed E-state index contributed by atoms with van der Waals surface area (Å²) in [6, 6.07) is 5.76. The van der Waals surface area contributed by atoms with Crippen LogP contribution in [0.5, 0.6) is 0 Å². The van der Waals surface area contributed by atoms with Crippen LogP contribution in [0.25, 0.3) is 0 Å². The van der Waals surface area contributed by atoms with E-state index in [-0.39, 0.29) is 37.5 Å². The summed E-state index contributed by atoms with van der Waals surface area (Å²) in [5.41, 5.74) is 2.06. The van der Waals surface area contributed by atoms with Gasteiger partial charge in [0.05, 0.1) is 30.7 Å². The van der Waals surface area contributed by atoms with Crippen LogP contribution in [0.1, 0.15) is 52.1 Å². The zero-order chi connectivity index (χ0) is 23.1. The van der Waals surface area contributed by atoms with E-state index >= 15 is 0 Å². The third-order valence-electron chi connectivity index (χ3n) is 4.71. The van der Waals surface area contributed by atoms with Gasteiger partial charge < -0.3 is 25.0 Å². The number of urea groups is 1. The molecule has 31 heavy (non-hydrogen) atoms. The lowest BCUT2D eigenvalue weighted by atomic mass is 9.95. The van der Waals surface area contributed by atoms with Gasteiger partial charge in [0.15, 0.2) is 0 Å². The Hall–Kier alpha value is -3.36. The summed E-state index contributed by atoms with van der Waals surface area (Å²) in [5.74, 6) is -1.24. The van der Waals surface area contributed by atoms with Gasteiger partial charge >= 0.3 is 18.0 Å². The van der Waals surface area contributed by atoms with Crippen LogP contribution in [0.4, 0.5) is 10.5 Å². The van der Waals surface area contributed by atoms with Crippen molar-refractivity contribution in [3.8, 4) is 0 Å². The fourth-order valence-corrected chi connectivity index (χ4v) is 3.06. The van der Waals surface area contributed by atoms with Crippen molar-refractivity contribution in [2.75, 3.05) is 19.0 Å². The van der Waals surface area contributed by atoms with Gasteiger partial charge in [-0.05, 0) is 45.4 Å². The number of benzene rings is 1. The van der Waals surface area contributed by atoms with Crippen molar-refractivity contribution in [2.45, 2.75) is 52.7 Å². The molecule has 9 heteroatoms. The standard InChI is InChI=1S/C22H29N3O6/c1-6-30-18(27)12-11-17(26)23-16-9-7-15(8-10-16)20-19(21(28)31-13(2)3)14(4)25(5)22(29)24-20/h7-10,13,20H,6,11-12H2,1-5H3,(H,23,26)(H,24,29). The summed E-state index contributed by atoms with van der Waals surface area (Å²) in [7, 11) is 1.58. The SMILES string of the molecule is CCOC(=O)CCC(=O)Nc1ccc(C2NC(=O)N(C)C(C)=C2C(=O)OC(C)C)cc1. The molecule has 0 saturated heterocycles. The van der Waals surface area contributed by atoms with Crippen LogP contribution in [-0.4, -0.2) is 48.5 Å². The number of hydrogen-bond donors (Lipinski definition) is 2. The number of ether oxygens (including phenoxy) is 2. The first-order chi connectivity index (χ1) is 14.6. The number of rotatable bonds is 8. The van der Waals surface area contributed by atoms with Gasteiger partial charge in [0.25, 0.3) is 0 Å². The van der Waals surface area contributed by atoms with Gasteiger partial charge in [-0.2, -0.15) is 0 Å². The van der Waals surface area contributed by atoms with E-state index in [0.717, 1.165) is 0 Å². The minimum atomic E-state index is -0.677. The minimum Gasteiger partial charge on any atom is -0.466 e. The molecule has 0 radical (unpaired) electrons. The predicted molar refractivity (Wildman–Crippen MR) is 114 cm³/mol. The first kappa shape index (κ1) is 23.9. The van der Waals surface area contributed by atoms with Gasteiger partial charge in [-0.15, -0.1) is 0 Å². The van der Waals surface area contributed by atoms with E-state index in [1.54, 1.807) is 59.0 Å². The Balaban J connectivity index is 2.15. The van der Waals surface area contributed by atoms with E-state index in [4.69, 9.17) is 9.47 Å². The molecule has 0 spiro atoms. The van der Waals surface area contributed by atoms with Crippen LogP contribution in [0.3, 0.4) is 0 Å². The maximum atomic E-state index is 12.7. The Morgan fingerprint density at radius 1 is 1.16 bits per heavy atom. The average Bonchev–Trinajstić information content (AvgIpc) is 2.70. The molecular weight excluding hydrogens is 402 g/mol. The van der Waals surface area contributed by atoms with Crippen LogP contribution in [0, 0.1) is 0 Å². The summed E-state index contributed by atoms with van der Waals surface area (Å²) in [6.45, 7) is 7.19. The molecule has 1 aliphatic rings. The van der Waals surface area contributed by atoms with Gasteiger partial charge in [-0.25, -0.2) is 9.59 Å². The monoisotopic (exact) mass is 431 g/mol. The maximum Gasteiger partial charge on any atom is 0.338 e. The number of nitrogens with one attached hydrogen (secondary N) is 2. The normalized spacial score (nSPS) is 16.1. The number of amides is 3. The fraction of sp³-hybridized carbons (Fsp3) is 0.455. The molecule has 1 aromatic carbocycles. The van der Waals surface area contributed by atoms with Crippen LogP contribution < -0.4 is 10.6 Å². The first-order valence-electron chi connectivity index (χ1n) is 10.1. The zero-order valence-electron chi connectivity index (χ0n) is 18.5. The van der Waals surface area contributed by atoms with Crippen LogP contribution in [0.15, 0.2) is 35.5 Å². The summed E-state index contributed by atoms with van der Waals surface area (Å²) in [5, 5.41) is 5.52. The Kier molecular flexibility index (Phi) is 8.18. The number of anilines is 1. The number of hydrogen-bond acceptors (Lipinski definition) is 6. The second-order valence-corrected chi connectivity index (χ2v) is 7.37. The van der Waals surface area contributed by atoms with Gasteiger partial charge in [0.2, 0.25) is 5.91 Å². The summed E-state index contributed by atoms with van der Waals surface area (Å²) in [4.78, 5) is 49.7. The lowest BCUT2D eigenvalue weighted by Crippen LogP contribution is -2.46. The quantitative estimate of drug-likeness (QED) is 0.612. The molecule has 1 aromatic rings. The molecule has 168 valence electrons. The van der Waals surface area contributed by atoms with Gasteiger partial charge in [-0.1, -0.05) is 12.1 Å². The molecule has 9 nitrogen and oxygen atoms in total. The molecular formula is C22H29N3O6. The molecule has 0 aromatic heterocycles. The zero-order valence-corrected chi connectivity index (χ0v) is 18.5. The molecule has 1 aliphatic heterocycles. The lowest BCUT2D eigenvalue weighted by molar-refractivity contribution is -0.144. The summed E-state index contributed by atoms with van der Waals surface area (Å²) < 4.78 is 10.2. The van der Waals surface area contributed by atoms with Crippen molar-refractivity contribution in [1.29, 1.82) is 0 Å². The van der Waals surface area contributed by atoms with Crippen molar-refractivity contribution in [3.63, 3.8) is 0 Å². The highest BCUT2D eigenvalue weighted by Crippen LogP contribution is 2.31. The highest BCUT2D eigenvalue weighted by molar-refractivity contribution is 5.95. The van der Waals surface area contributed by atoms with E-state index in [0.29, 0.717) is 22.5 Å². The molecule has 1 atom stereocenters. The second kappa shape index (κ2) is 10.6. The van der Waals surface area contributed by atoms with Gasteiger partial charge in [0, 0.05) is 24.9 Å². The number of carbonyl (C=O) groups excluding carboxylic acids is 4. The molecule has 0 fully saturated rings. The second-order valence-electron chi connectivity index (χ2n) is 7.37. The number of allylic oxidation sites excluding steroid dienone is 1. The van der Waals surface area contributed by atoms with Crippen LogP contribution in [-0.2, 0) is 23.9 Å².